The van der Waals surface area contributed by atoms with E-state index in [1.165, 1.54) is 0 Å². The molecule has 1 aromatic carbocycles. The van der Waals surface area contributed by atoms with Crippen LogP contribution in [0.25, 0.3) is 0 Å². The lowest BCUT2D eigenvalue weighted by Gasteiger charge is -2.21. The van der Waals surface area contributed by atoms with Gasteiger partial charge in [0.1, 0.15) is 5.82 Å². The van der Waals surface area contributed by atoms with E-state index in [0.717, 1.165) is 47.2 Å². The van der Waals surface area contributed by atoms with Crippen LogP contribution in [-0.4, -0.2) is 16.1 Å². The Bertz CT molecular complexity index is 560. The van der Waals surface area contributed by atoms with Crippen molar-refractivity contribution in [3.05, 3.63) is 52.0 Å². The zero-order valence-electron chi connectivity index (χ0n) is 12.4. The van der Waals surface area contributed by atoms with Crippen molar-refractivity contribution in [1.29, 1.82) is 0 Å². The van der Waals surface area contributed by atoms with Crippen molar-refractivity contribution in [3.8, 4) is 0 Å². The first kappa shape index (κ1) is 16.3. The molecule has 0 spiro atoms. The van der Waals surface area contributed by atoms with E-state index in [2.05, 4.69) is 17.2 Å². The summed E-state index contributed by atoms with van der Waals surface area (Å²) in [5.74, 6) is 1.07. The number of benzene rings is 1. The number of aromatic nitrogens is 2. The summed E-state index contributed by atoms with van der Waals surface area (Å²) in [6.07, 6.45) is 6.65. The lowest BCUT2D eigenvalue weighted by Crippen LogP contribution is -2.23. The molecular weight excluding hydrogens is 305 g/mol. The predicted octanol–water partition coefficient (Wildman–Crippen LogP) is 4.40. The fraction of sp³-hybridized carbons (Fsp3) is 0.438. The molecule has 0 amide bonds. The average molecular weight is 326 g/mol. The second-order valence-electron chi connectivity index (χ2n) is 5.14. The fourth-order valence-corrected chi connectivity index (χ4v) is 3.08. The van der Waals surface area contributed by atoms with Gasteiger partial charge in [-0.1, -0.05) is 36.2 Å². The topological polar surface area (TPSA) is 29.9 Å². The number of hydrogen-bond donors (Lipinski definition) is 1. The van der Waals surface area contributed by atoms with Crippen molar-refractivity contribution in [2.75, 3.05) is 6.54 Å². The van der Waals surface area contributed by atoms with Crippen molar-refractivity contribution in [1.82, 2.24) is 14.9 Å². The van der Waals surface area contributed by atoms with Gasteiger partial charge in [-0.25, -0.2) is 4.98 Å². The SMILES string of the molecule is CCCNC(CCc1nccn1C)c1c(Cl)cccc1Cl. The molecule has 5 heteroatoms. The van der Waals surface area contributed by atoms with Gasteiger partial charge in [-0.05, 0) is 31.5 Å². The monoisotopic (exact) mass is 325 g/mol. The third-order valence-electron chi connectivity index (χ3n) is 3.57. The molecule has 0 saturated carbocycles. The predicted molar refractivity (Wildman–Crippen MR) is 89.0 cm³/mol. The van der Waals surface area contributed by atoms with E-state index in [0.29, 0.717) is 0 Å². The molecule has 1 N–H and O–H groups in total. The Morgan fingerprint density at radius 1 is 1.29 bits per heavy atom. The van der Waals surface area contributed by atoms with Crippen molar-refractivity contribution < 1.29 is 0 Å². The van der Waals surface area contributed by atoms with E-state index in [-0.39, 0.29) is 6.04 Å². The first-order chi connectivity index (χ1) is 10.1. The summed E-state index contributed by atoms with van der Waals surface area (Å²) in [7, 11) is 2.01. The summed E-state index contributed by atoms with van der Waals surface area (Å²) in [6.45, 7) is 3.09. The molecule has 1 aromatic heterocycles. The second-order valence-corrected chi connectivity index (χ2v) is 5.95. The van der Waals surface area contributed by atoms with Crippen LogP contribution in [0.4, 0.5) is 0 Å². The Morgan fingerprint density at radius 3 is 2.57 bits per heavy atom. The molecule has 1 atom stereocenters. The number of nitrogens with zero attached hydrogens (tertiary/aromatic N) is 2. The van der Waals surface area contributed by atoms with Gasteiger partial charge in [-0.15, -0.1) is 0 Å². The van der Waals surface area contributed by atoms with E-state index in [1.54, 1.807) is 0 Å². The zero-order chi connectivity index (χ0) is 15.2. The molecule has 114 valence electrons. The summed E-state index contributed by atoms with van der Waals surface area (Å²) in [5.41, 5.74) is 0.989. The Morgan fingerprint density at radius 2 is 2.00 bits per heavy atom. The summed E-state index contributed by atoms with van der Waals surface area (Å²) >= 11 is 12.7. The first-order valence-electron chi connectivity index (χ1n) is 7.27. The standard InChI is InChI=1S/C16H21Cl2N3/c1-3-9-19-14(7-8-15-20-10-11-21(15)2)16-12(17)5-4-6-13(16)18/h4-6,10-11,14,19H,3,7-9H2,1-2H3. The van der Waals surface area contributed by atoms with Crippen LogP contribution in [0.3, 0.4) is 0 Å². The van der Waals surface area contributed by atoms with Crippen LogP contribution in [0.2, 0.25) is 10.0 Å². The van der Waals surface area contributed by atoms with Crippen LogP contribution in [0.15, 0.2) is 30.6 Å². The number of halogens is 2. The minimum absolute atomic E-state index is 0.142. The fourth-order valence-electron chi connectivity index (χ4n) is 2.42. The molecule has 1 unspecified atom stereocenters. The molecule has 0 aliphatic heterocycles. The zero-order valence-corrected chi connectivity index (χ0v) is 14.0. The van der Waals surface area contributed by atoms with Gasteiger partial charge in [-0.2, -0.15) is 0 Å². The third-order valence-corrected chi connectivity index (χ3v) is 4.23. The molecule has 1 heterocycles. The minimum atomic E-state index is 0.142. The molecule has 0 saturated heterocycles. The van der Waals surface area contributed by atoms with Crippen molar-refractivity contribution in [3.63, 3.8) is 0 Å². The highest BCUT2D eigenvalue weighted by molar-refractivity contribution is 6.36. The van der Waals surface area contributed by atoms with Gasteiger partial charge in [0.2, 0.25) is 0 Å². The summed E-state index contributed by atoms with van der Waals surface area (Å²) in [4.78, 5) is 4.38. The molecule has 2 aromatic rings. The van der Waals surface area contributed by atoms with Crippen molar-refractivity contribution in [2.24, 2.45) is 7.05 Å². The van der Waals surface area contributed by atoms with Crippen LogP contribution in [0, 0.1) is 0 Å². The van der Waals surface area contributed by atoms with Gasteiger partial charge < -0.3 is 9.88 Å². The summed E-state index contributed by atoms with van der Waals surface area (Å²) < 4.78 is 2.05. The second kappa shape index (κ2) is 7.83. The van der Waals surface area contributed by atoms with Gasteiger partial charge in [-0.3, -0.25) is 0 Å². The Hall–Kier alpha value is -1.03. The third kappa shape index (κ3) is 4.22. The van der Waals surface area contributed by atoms with Gasteiger partial charge >= 0.3 is 0 Å². The Balaban J connectivity index is 2.16. The van der Waals surface area contributed by atoms with Gasteiger partial charge in [0, 0.05) is 47.5 Å². The number of rotatable bonds is 7. The van der Waals surface area contributed by atoms with E-state index in [1.807, 2.05) is 42.2 Å². The van der Waals surface area contributed by atoms with Gasteiger partial charge in [0.25, 0.3) is 0 Å². The molecule has 0 bridgehead atoms. The Labute approximate surface area is 136 Å². The molecule has 3 nitrogen and oxygen atoms in total. The maximum atomic E-state index is 6.35. The highest BCUT2D eigenvalue weighted by atomic mass is 35.5. The quantitative estimate of drug-likeness (QED) is 0.817. The number of nitrogens with one attached hydrogen (secondary N) is 1. The average Bonchev–Trinajstić information content (AvgIpc) is 2.86. The normalized spacial score (nSPS) is 12.6. The molecule has 0 aliphatic rings. The first-order valence-corrected chi connectivity index (χ1v) is 8.02. The Kier molecular flexibility index (Phi) is 6.09. The lowest BCUT2D eigenvalue weighted by molar-refractivity contribution is 0.491. The van der Waals surface area contributed by atoms with Crippen LogP contribution in [-0.2, 0) is 13.5 Å². The van der Waals surface area contributed by atoms with Crippen LogP contribution >= 0.6 is 23.2 Å². The van der Waals surface area contributed by atoms with E-state index in [4.69, 9.17) is 23.2 Å². The lowest BCUT2D eigenvalue weighted by atomic mass is 10.0. The van der Waals surface area contributed by atoms with Crippen LogP contribution in [0.1, 0.15) is 37.2 Å². The molecule has 0 fully saturated rings. The maximum Gasteiger partial charge on any atom is 0.108 e. The summed E-state index contributed by atoms with van der Waals surface area (Å²) in [5, 5.41) is 4.98. The van der Waals surface area contributed by atoms with Crippen LogP contribution < -0.4 is 5.32 Å². The molecule has 0 aliphatic carbocycles. The molecular formula is C16H21Cl2N3. The molecule has 21 heavy (non-hydrogen) atoms. The van der Waals surface area contributed by atoms with E-state index < -0.39 is 0 Å². The van der Waals surface area contributed by atoms with Crippen LogP contribution in [0.5, 0.6) is 0 Å². The smallest absolute Gasteiger partial charge is 0.108 e. The van der Waals surface area contributed by atoms with Gasteiger partial charge in [0.05, 0.1) is 0 Å². The molecule has 0 radical (unpaired) electrons. The highest BCUT2D eigenvalue weighted by Crippen LogP contribution is 2.32. The largest absolute Gasteiger partial charge is 0.338 e. The van der Waals surface area contributed by atoms with Gasteiger partial charge in [0.15, 0.2) is 0 Å². The van der Waals surface area contributed by atoms with Crippen molar-refractivity contribution in [2.45, 2.75) is 32.2 Å². The number of hydrogen-bond acceptors (Lipinski definition) is 2. The number of imidazole rings is 1. The van der Waals surface area contributed by atoms with E-state index in [9.17, 15) is 0 Å². The number of aryl methyl sites for hydroxylation is 2. The highest BCUT2D eigenvalue weighted by Gasteiger charge is 2.18. The van der Waals surface area contributed by atoms with E-state index >= 15 is 0 Å². The summed E-state index contributed by atoms with van der Waals surface area (Å²) in [6, 6.07) is 5.81. The van der Waals surface area contributed by atoms with Crippen molar-refractivity contribution >= 4 is 23.2 Å². The minimum Gasteiger partial charge on any atom is -0.338 e. The molecule has 2 rings (SSSR count). The maximum absolute atomic E-state index is 6.35.